The number of nitrogens with zero attached hydrogens (tertiary/aromatic N) is 1. The van der Waals surface area contributed by atoms with Gasteiger partial charge in [0.2, 0.25) is 0 Å². The normalized spacial score (nSPS) is 10.7. The van der Waals surface area contributed by atoms with Crippen molar-refractivity contribution < 1.29 is 9.53 Å². The Morgan fingerprint density at radius 3 is 2.65 bits per heavy atom. The second-order valence-electron chi connectivity index (χ2n) is 6.20. The highest BCUT2D eigenvalue weighted by atomic mass is 32.1. The molecule has 26 heavy (non-hydrogen) atoms. The molecule has 0 saturated heterocycles. The molecule has 0 spiro atoms. The zero-order valence-electron chi connectivity index (χ0n) is 15.2. The van der Waals surface area contributed by atoms with Crippen LogP contribution in [-0.4, -0.2) is 18.1 Å². The minimum Gasteiger partial charge on any atom is -0.465 e. The van der Waals surface area contributed by atoms with E-state index in [-0.39, 0.29) is 5.97 Å². The lowest BCUT2D eigenvalue weighted by Gasteiger charge is -2.09. The Kier molecular flexibility index (Phi) is 6.18. The van der Waals surface area contributed by atoms with Crippen molar-refractivity contribution in [1.29, 1.82) is 0 Å². The van der Waals surface area contributed by atoms with E-state index in [2.05, 4.69) is 30.1 Å². The number of esters is 1. The molecule has 3 rings (SSSR count). The number of carbonyl (C=O) groups is 1. The Balaban J connectivity index is 2.07. The van der Waals surface area contributed by atoms with Crippen LogP contribution in [0.25, 0.3) is 21.6 Å². The molecular weight excluding hydrogens is 342 g/mol. The van der Waals surface area contributed by atoms with Crippen molar-refractivity contribution in [3.63, 3.8) is 0 Å². The second kappa shape index (κ2) is 8.77. The molecule has 2 aromatic heterocycles. The number of unbranched alkanes of at least 4 members (excludes halogenated alkanes) is 2. The van der Waals surface area contributed by atoms with Gasteiger partial charge in [0.25, 0.3) is 0 Å². The number of hydrogen-bond acceptors (Lipinski definition) is 4. The number of benzene rings is 1. The maximum atomic E-state index is 12.4. The van der Waals surface area contributed by atoms with Gasteiger partial charge in [-0.05, 0) is 41.7 Å². The molecule has 0 saturated carbocycles. The van der Waals surface area contributed by atoms with E-state index in [4.69, 9.17) is 4.74 Å². The quantitative estimate of drug-likeness (QED) is 0.381. The van der Waals surface area contributed by atoms with Crippen molar-refractivity contribution >= 4 is 17.3 Å². The molecule has 0 radical (unpaired) electrons. The lowest BCUT2D eigenvalue weighted by atomic mass is 9.97. The third-order valence-electron chi connectivity index (χ3n) is 4.40. The summed E-state index contributed by atoms with van der Waals surface area (Å²) in [6, 6.07) is 14.2. The van der Waals surface area contributed by atoms with Crippen LogP contribution in [0.15, 0.2) is 54.9 Å². The number of carbonyl (C=O) groups excluding carboxylic acids is 1. The Bertz CT molecular complexity index is 871. The summed E-state index contributed by atoms with van der Waals surface area (Å²) in [6.07, 6.45) is 8.18. The van der Waals surface area contributed by atoms with Crippen LogP contribution in [0.5, 0.6) is 0 Å². The molecule has 0 fully saturated rings. The average Bonchev–Trinajstić information content (AvgIpc) is 3.14. The molecule has 0 aliphatic rings. The monoisotopic (exact) mass is 365 g/mol. The van der Waals surface area contributed by atoms with Gasteiger partial charge in [0.1, 0.15) is 4.88 Å². The summed E-state index contributed by atoms with van der Waals surface area (Å²) in [5.74, 6) is -0.288. The van der Waals surface area contributed by atoms with E-state index in [9.17, 15) is 4.79 Å². The fourth-order valence-corrected chi connectivity index (χ4v) is 4.13. The predicted octanol–water partition coefficient (Wildman–Crippen LogP) is 6.00. The summed E-state index contributed by atoms with van der Waals surface area (Å²) in [5, 5.41) is 0. The summed E-state index contributed by atoms with van der Waals surface area (Å²) in [6.45, 7) is 2.20. The molecule has 1 aromatic carbocycles. The average molecular weight is 365 g/mol. The fraction of sp³-hybridized carbons (Fsp3) is 0.273. The largest absolute Gasteiger partial charge is 0.465 e. The van der Waals surface area contributed by atoms with Crippen LogP contribution >= 0.6 is 11.3 Å². The first-order valence-corrected chi connectivity index (χ1v) is 9.77. The van der Waals surface area contributed by atoms with Crippen LogP contribution in [0.2, 0.25) is 0 Å². The highest BCUT2D eigenvalue weighted by Crippen LogP contribution is 2.39. The van der Waals surface area contributed by atoms with Gasteiger partial charge in [-0.3, -0.25) is 4.98 Å². The van der Waals surface area contributed by atoms with Gasteiger partial charge < -0.3 is 4.74 Å². The van der Waals surface area contributed by atoms with Crippen LogP contribution in [-0.2, 0) is 11.2 Å². The first-order chi connectivity index (χ1) is 12.7. The first-order valence-electron chi connectivity index (χ1n) is 8.95. The molecule has 0 aliphatic heterocycles. The molecule has 3 aromatic rings. The highest BCUT2D eigenvalue weighted by Gasteiger charge is 2.20. The van der Waals surface area contributed by atoms with Gasteiger partial charge in [0.15, 0.2) is 0 Å². The van der Waals surface area contributed by atoms with Crippen LogP contribution in [0.4, 0.5) is 0 Å². The summed E-state index contributed by atoms with van der Waals surface area (Å²) in [7, 11) is 1.43. The van der Waals surface area contributed by atoms with Crippen molar-refractivity contribution in [1.82, 2.24) is 4.98 Å². The minimum atomic E-state index is -0.288. The van der Waals surface area contributed by atoms with E-state index < -0.39 is 0 Å². The van der Waals surface area contributed by atoms with Gasteiger partial charge in [-0.15, -0.1) is 11.3 Å². The second-order valence-corrected chi connectivity index (χ2v) is 7.25. The Labute approximate surface area is 158 Å². The summed E-state index contributed by atoms with van der Waals surface area (Å²) < 4.78 is 5.04. The number of aryl methyl sites for hydroxylation is 1. The minimum absolute atomic E-state index is 0.288. The number of pyridine rings is 1. The topological polar surface area (TPSA) is 39.2 Å². The number of ether oxygens (including phenoxy) is 1. The molecule has 0 aliphatic carbocycles. The maximum Gasteiger partial charge on any atom is 0.348 e. The summed E-state index contributed by atoms with van der Waals surface area (Å²) in [5.41, 5.74) is 4.31. The van der Waals surface area contributed by atoms with Crippen molar-refractivity contribution in [3.05, 3.63) is 65.3 Å². The fourth-order valence-electron chi connectivity index (χ4n) is 3.03. The van der Waals surface area contributed by atoms with Gasteiger partial charge >= 0.3 is 5.97 Å². The van der Waals surface area contributed by atoms with Crippen molar-refractivity contribution in [2.24, 2.45) is 0 Å². The predicted molar refractivity (Wildman–Crippen MR) is 108 cm³/mol. The van der Waals surface area contributed by atoms with Gasteiger partial charge in [-0.2, -0.15) is 0 Å². The summed E-state index contributed by atoms with van der Waals surface area (Å²) >= 11 is 1.48. The zero-order chi connectivity index (χ0) is 18.4. The molecule has 3 nitrogen and oxygen atoms in total. The van der Waals surface area contributed by atoms with Crippen LogP contribution < -0.4 is 0 Å². The number of methoxy groups -OCH3 is 1. The van der Waals surface area contributed by atoms with Gasteiger partial charge in [-0.25, -0.2) is 4.79 Å². The zero-order valence-corrected chi connectivity index (χ0v) is 16.0. The lowest BCUT2D eigenvalue weighted by Crippen LogP contribution is -2.01. The van der Waals surface area contributed by atoms with Crippen molar-refractivity contribution in [2.75, 3.05) is 7.11 Å². The third-order valence-corrected chi connectivity index (χ3v) is 5.57. The molecule has 0 atom stereocenters. The third kappa shape index (κ3) is 4.02. The smallest absolute Gasteiger partial charge is 0.348 e. The molecule has 0 unspecified atom stereocenters. The van der Waals surface area contributed by atoms with Crippen LogP contribution in [0.1, 0.15) is 41.4 Å². The van der Waals surface area contributed by atoms with E-state index in [1.165, 1.54) is 36.9 Å². The standard InChI is InChI=1S/C22H23NO2S/c1-3-4-6-11-17-15-23-13-12-18(17)19-14-20(16-9-7-5-8-10-16)26-21(19)22(24)25-2/h5,7-10,12-15H,3-4,6,11H2,1-2H3. The number of hydrogen-bond donors (Lipinski definition) is 0. The van der Waals surface area contributed by atoms with E-state index in [0.29, 0.717) is 4.88 Å². The molecule has 4 heteroatoms. The van der Waals surface area contributed by atoms with E-state index in [0.717, 1.165) is 34.4 Å². The molecule has 0 bridgehead atoms. The van der Waals surface area contributed by atoms with Crippen molar-refractivity contribution in [2.45, 2.75) is 32.6 Å². The molecule has 0 N–H and O–H groups in total. The molecular formula is C22H23NO2S. The van der Waals surface area contributed by atoms with E-state index >= 15 is 0 Å². The van der Waals surface area contributed by atoms with Crippen LogP contribution in [0, 0.1) is 0 Å². The SMILES string of the molecule is CCCCCc1cnccc1-c1cc(-c2ccccc2)sc1C(=O)OC. The van der Waals surface area contributed by atoms with Crippen LogP contribution in [0.3, 0.4) is 0 Å². The highest BCUT2D eigenvalue weighted by molar-refractivity contribution is 7.17. The van der Waals surface area contributed by atoms with E-state index in [1.807, 2.05) is 30.5 Å². The maximum absolute atomic E-state index is 12.4. The Morgan fingerprint density at radius 2 is 1.92 bits per heavy atom. The first kappa shape index (κ1) is 18.3. The van der Waals surface area contributed by atoms with Crippen molar-refractivity contribution in [3.8, 4) is 21.6 Å². The van der Waals surface area contributed by atoms with E-state index in [1.54, 1.807) is 6.20 Å². The van der Waals surface area contributed by atoms with Gasteiger partial charge in [-0.1, -0.05) is 50.1 Å². The van der Waals surface area contributed by atoms with Gasteiger partial charge in [0.05, 0.1) is 7.11 Å². The Morgan fingerprint density at radius 1 is 1.12 bits per heavy atom. The molecule has 134 valence electrons. The Hall–Kier alpha value is -2.46. The van der Waals surface area contributed by atoms with Gasteiger partial charge in [0, 0.05) is 22.8 Å². The molecule has 0 amide bonds. The number of rotatable bonds is 7. The summed E-state index contributed by atoms with van der Waals surface area (Å²) in [4.78, 5) is 18.4. The molecule has 2 heterocycles. The number of thiophene rings is 1. The number of aromatic nitrogens is 1. The lowest BCUT2D eigenvalue weighted by molar-refractivity contribution is 0.0607.